The lowest BCUT2D eigenvalue weighted by Gasteiger charge is -2.29. The number of aliphatic carboxylic acids is 1. The number of thiocarbonyl (C=S) groups is 1. The van der Waals surface area contributed by atoms with Crippen LogP contribution in [-0.4, -0.2) is 41.7 Å². The zero-order valence-corrected chi connectivity index (χ0v) is 19.8. The number of hydrogen-bond acceptors (Lipinski definition) is 6. The van der Waals surface area contributed by atoms with E-state index in [1.54, 1.807) is 36.4 Å². The van der Waals surface area contributed by atoms with Crippen LogP contribution in [0.5, 0.6) is 11.5 Å². The molecule has 1 heterocycles. The summed E-state index contributed by atoms with van der Waals surface area (Å²) < 4.78 is 11.2. The van der Waals surface area contributed by atoms with E-state index in [4.69, 9.17) is 26.8 Å². The van der Waals surface area contributed by atoms with E-state index in [1.807, 2.05) is 0 Å². The van der Waals surface area contributed by atoms with Gasteiger partial charge in [-0.25, -0.2) is 4.79 Å². The largest absolute Gasteiger partial charge is 0.497 e. The molecule has 0 saturated carbocycles. The molecule has 0 aromatic heterocycles. The Kier molecular flexibility index (Phi) is 7.08. The SMILES string of the molecule is COc1ccc(N2C(=O)/C(=C/c3cc(Br)c(OCC(=O)O)c(Br)c3)C(=O)NC2=S)cc1. The molecule has 1 fully saturated rings. The Labute approximate surface area is 199 Å². The number of halogens is 2. The number of rotatable bonds is 6. The minimum atomic E-state index is -1.12. The van der Waals surface area contributed by atoms with Crippen LogP contribution in [0.3, 0.4) is 0 Å². The van der Waals surface area contributed by atoms with Gasteiger partial charge in [0.25, 0.3) is 11.8 Å². The number of amides is 2. The first-order chi connectivity index (χ1) is 14.7. The predicted octanol–water partition coefficient (Wildman–Crippen LogP) is 3.51. The summed E-state index contributed by atoms with van der Waals surface area (Å²) in [5.41, 5.74) is 0.853. The van der Waals surface area contributed by atoms with Crippen LogP contribution in [0, 0.1) is 0 Å². The third-order valence-corrected chi connectivity index (χ3v) is 5.57. The monoisotopic (exact) mass is 568 g/mol. The molecule has 8 nitrogen and oxygen atoms in total. The van der Waals surface area contributed by atoms with Crippen molar-refractivity contribution in [1.82, 2.24) is 5.32 Å². The first kappa shape index (κ1) is 22.9. The van der Waals surface area contributed by atoms with Crippen molar-refractivity contribution in [3.05, 3.63) is 56.5 Å². The molecule has 1 aliphatic heterocycles. The van der Waals surface area contributed by atoms with Gasteiger partial charge in [0.15, 0.2) is 11.7 Å². The third-order valence-electron chi connectivity index (χ3n) is 4.10. The van der Waals surface area contributed by atoms with Gasteiger partial charge >= 0.3 is 5.97 Å². The average Bonchev–Trinajstić information content (AvgIpc) is 2.70. The highest BCUT2D eigenvalue weighted by molar-refractivity contribution is 9.11. The number of hydrogen-bond donors (Lipinski definition) is 2. The lowest BCUT2D eigenvalue weighted by atomic mass is 10.1. The summed E-state index contributed by atoms with van der Waals surface area (Å²) in [6.07, 6.45) is 1.41. The molecule has 0 unspecified atom stereocenters. The minimum absolute atomic E-state index is 0.0305. The van der Waals surface area contributed by atoms with Gasteiger partial charge in [-0.05, 0) is 92.1 Å². The number of methoxy groups -OCH3 is 1. The number of anilines is 1. The van der Waals surface area contributed by atoms with Crippen LogP contribution in [0.25, 0.3) is 6.08 Å². The smallest absolute Gasteiger partial charge is 0.341 e. The minimum Gasteiger partial charge on any atom is -0.497 e. The van der Waals surface area contributed by atoms with Crippen molar-refractivity contribution in [2.45, 2.75) is 0 Å². The van der Waals surface area contributed by atoms with Crippen molar-refractivity contribution < 1.29 is 29.0 Å². The van der Waals surface area contributed by atoms with E-state index in [9.17, 15) is 14.4 Å². The van der Waals surface area contributed by atoms with Crippen molar-refractivity contribution in [2.75, 3.05) is 18.6 Å². The highest BCUT2D eigenvalue weighted by Crippen LogP contribution is 2.35. The lowest BCUT2D eigenvalue weighted by molar-refractivity contribution is -0.139. The second-order valence-electron chi connectivity index (χ2n) is 6.15. The molecule has 2 aromatic carbocycles. The van der Waals surface area contributed by atoms with Crippen LogP contribution in [-0.2, 0) is 14.4 Å². The number of carboxylic acids is 1. The molecular formula is C20H14Br2N2O6S. The highest BCUT2D eigenvalue weighted by Gasteiger charge is 2.34. The van der Waals surface area contributed by atoms with E-state index in [1.165, 1.54) is 18.1 Å². The molecule has 2 aromatic rings. The van der Waals surface area contributed by atoms with Crippen molar-refractivity contribution in [3.8, 4) is 11.5 Å². The molecular weight excluding hydrogens is 556 g/mol. The molecule has 160 valence electrons. The van der Waals surface area contributed by atoms with Gasteiger partial charge in [0.1, 0.15) is 17.1 Å². The molecule has 0 aliphatic carbocycles. The Hall–Kier alpha value is -2.76. The number of benzene rings is 2. The molecule has 2 N–H and O–H groups in total. The van der Waals surface area contributed by atoms with Crippen LogP contribution in [0.15, 0.2) is 50.9 Å². The fourth-order valence-electron chi connectivity index (χ4n) is 2.72. The number of carboxylic acid groups (broad SMARTS) is 1. The van der Waals surface area contributed by atoms with Crippen LogP contribution in [0.1, 0.15) is 5.56 Å². The van der Waals surface area contributed by atoms with Gasteiger partial charge in [0.05, 0.1) is 21.7 Å². The molecule has 3 rings (SSSR count). The second-order valence-corrected chi connectivity index (χ2v) is 8.25. The van der Waals surface area contributed by atoms with Gasteiger partial charge < -0.3 is 14.6 Å². The maximum atomic E-state index is 13.1. The molecule has 0 atom stereocenters. The Balaban J connectivity index is 1.95. The fourth-order valence-corrected chi connectivity index (χ4v) is 4.46. The summed E-state index contributed by atoms with van der Waals surface area (Å²) in [6.45, 7) is -0.521. The van der Waals surface area contributed by atoms with E-state index < -0.39 is 24.4 Å². The van der Waals surface area contributed by atoms with E-state index in [0.29, 0.717) is 25.9 Å². The molecule has 0 bridgehead atoms. The van der Waals surface area contributed by atoms with Gasteiger partial charge in [0, 0.05) is 0 Å². The summed E-state index contributed by atoms with van der Waals surface area (Å²) in [6, 6.07) is 9.85. The Morgan fingerprint density at radius 2 is 1.81 bits per heavy atom. The molecule has 31 heavy (non-hydrogen) atoms. The van der Waals surface area contributed by atoms with Crippen LogP contribution >= 0.6 is 44.1 Å². The molecule has 11 heteroatoms. The molecule has 1 aliphatic rings. The highest BCUT2D eigenvalue weighted by atomic mass is 79.9. The quantitative estimate of drug-likeness (QED) is 0.311. The Bertz CT molecular complexity index is 1090. The normalized spacial score (nSPS) is 15.1. The van der Waals surface area contributed by atoms with Gasteiger partial charge in [-0.15, -0.1) is 0 Å². The molecule has 1 saturated heterocycles. The Morgan fingerprint density at radius 1 is 1.19 bits per heavy atom. The van der Waals surface area contributed by atoms with E-state index in [-0.39, 0.29) is 16.4 Å². The molecule has 2 amide bonds. The summed E-state index contributed by atoms with van der Waals surface area (Å²) in [4.78, 5) is 37.5. The maximum Gasteiger partial charge on any atom is 0.341 e. The number of carbonyl (C=O) groups excluding carboxylic acids is 2. The second kappa shape index (κ2) is 9.58. The van der Waals surface area contributed by atoms with Gasteiger partial charge in [-0.1, -0.05) is 0 Å². The van der Waals surface area contributed by atoms with Crippen molar-refractivity contribution >= 4 is 78.7 Å². The molecule has 0 spiro atoms. The third kappa shape index (κ3) is 5.12. The van der Waals surface area contributed by atoms with Crippen molar-refractivity contribution in [2.24, 2.45) is 0 Å². The standard InChI is InChI=1S/C20H14Br2N2O6S/c1-29-12-4-2-11(3-5-12)24-19(28)13(18(27)23-20(24)31)6-10-7-14(21)17(15(22)8-10)30-9-16(25)26/h2-8H,9H2,1H3,(H,25,26)(H,23,27,31)/b13-6+. The summed E-state index contributed by atoms with van der Waals surface area (Å²) in [5, 5.41) is 11.3. The van der Waals surface area contributed by atoms with Crippen LogP contribution in [0.2, 0.25) is 0 Å². The van der Waals surface area contributed by atoms with Crippen LogP contribution < -0.4 is 19.7 Å². The number of ether oxygens (including phenoxy) is 2. The summed E-state index contributed by atoms with van der Waals surface area (Å²) in [5.74, 6) is -1.44. The Morgan fingerprint density at radius 3 is 2.35 bits per heavy atom. The summed E-state index contributed by atoms with van der Waals surface area (Å²) in [7, 11) is 1.53. The van der Waals surface area contributed by atoms with Gasteiger partial charge in [-0.2, -0.15) is 0 Å². The fraction of sp³-hybridized carbons (Fsp3) is 0.100. The maximum absolute atomic E-state index is 13.1. The number of carbonyl (C=O) groups is 3. The van der Waals surface area contributed by atoms with E-state index in [2.05, 4.69) is 37.2 Å². The number of nitrogens with one attached hydrogen (secondary N) is 1. The van der Waals surface area contributed by atoms with Gasteiger partial charge in [-0.3, -0.25) is 19.8 Å². The lowest BCUT2D eigenvalue weighted by Crippen LogP contribution is -2.54. The van der Waals surface area contributed by atoms with E-state index in [0.717, 1.165) is 0 Å². The first-order valence-electron chi connectivity index (χ1n) is 8.60. The van der Waals surface area contributed by atoms with Crippen LogP contribution in [0.4, 0.5) is 5.69 Å². The zero-order valence-electron chi connectivity index (χ0n) is 15.8. The van der Waals surface area contributed by atoms with Crippen molar-refractivity contribution in [3.63, 3.8) is 0 Å². The molecule has 0 radical (unpaired) electrons. The summed E-state index contributed by atoms with van der Waals surface area (Å²) >= 11 is 11.8. The van der Waals surface area contributed by atoms with Gasteiger partial charge in [0.2, 0.25) is 0 Å². The van der Waals surface area contributed by atoms with Crippen molar-refractivity contribution in [1.29, 1.82) is 0 Å². The number of nitrogens with zero attached hydrogens (tertiary/aromatic N) is 1. The topological polar surface area (TPSA) is 105 Å². The zero-order chi connectivity index (χ0) is 22.7. The van der Waals surface area contributed by atoms with E-state index >= 15 is 0 Å². The first-order valence-corrected chi connectivity index (χ1v) is 10.6. The predicted molar refractivity (Wildman–Crippen MR) is 124 cm³/mol. The average molecular weight is 570 g/mol.